The van der Waals surface area contributed by atoms with Crippen molar-refractivity contribution in [1.82, 2.24) is 0 Å². The molecule has 0 aliphatic heterocycles. The number of hydrogen-bond donors (Lipinski definition) is 1. The highest BCUT2D eigenvalue weighted by Crippen LogP contribution is 2.38. The van der Waals surface area contributed by atoms with Gasteiger partial charge in [0.1, 0.15) is 5.76 Å². The van der Waals surface area contributed by atoms with E-state index < -0.39 is 17.5 Å². The third-order valence-corrected chi connectivity index (χ3v) is 3.19. The van der Waals surface area contributed by atoms with Crippen LogP contribution in [0.4, 0.5) is 0 Å². The molecule has 1 N–H and O–H groups in total. The maximum atomic E-state index is 12.0. The predicted octanol–water partition coefficient (Wildman–Crippen LogP) is 2.33. The minimum Gasteiger partial charge on any atom is -0.475 e. The molecule has 0 fully saturated rings. The molecule has 0 unspecified atom stereocenters. The maximum absolute atomic E-state index is 12.0. The van der Waals surface area contributed by atoms with Crippen LogP contribution in [0.15, 0.2) is 28.7 Å². The van der Waals surface area contributed by atoms with Crippen LogP contribution < -0.4 is 0 Å². The number of carbonyl (C=O) groups is 3. The van der Waals surface area contributed by atoms with Gasteiger partial charge in [-0.1, -0.05) is 24.3 Å². The molecular weight excluding hydrogens is 248 g/mol. The van der Waals surface area contributed by atoms with Crippen LogP contribution in [-0.2, 0) is 0 Å². The van der Waals surface area contributed by atoms with Gasteiger partial charge in [0.15, 0.2) is 0 Å². The van der Waals surface area contributed by atoms with Gasteiger partial charge in [-0.15, -0.1) is 0 Å². The topological polar surface area (TPSA) is 84.6 Å². The zero-order chi connectivity index (χ0) is 13.7. The molecule has 0 atom stereocenters. The zero-order valence-electron chi connectivity index (χ0n) is 9.89. The number of rotatable bonds is 1. The molecule has 0 saturated heterocycles. The van der Waals surface area contributed by atoms with Crippen LogP contribution in [-0.4, -0.2) is 22.6 Å². The molecule has 1 aromatic carbocycles. The van der Waals surface area contributed by atoms with Gasteiger partial charge < -0.3 is 9.52 Å². The summed E-state index contributed by atoms with van der Waals surface area (Å²) in [5.74, 6) is -2.76. The second-order valence-electron chi connectivity index (χ2n) is 4.27. The fraction of sp³-hybridized carbons (Fsp3) is 0.0714. The Balaban J connectivity index is 2.40. The van der Waals surface area contributed by atoms with Crippen LogP contribution in [0.25, 0.3) is 11.3 Å². The SMILES string of the molecule is Cc1c(C(=O)O)oc2c1C(=O)C(=O)c1ccccc1-2. The van der Waals surface area contributed by atoms with Crippen LogP contribution in [0, 0.1) is 6.92 Å². The van der Waals surface area contributed by atoms with Gasteiger partial charge in [-0.05, 0) is 6.92 Å². The van der Waals surface area contributed by atoms with E-state index in [1.54, 1.807) is 18.2 Å². The first-order valence-corrected chi connectivity index (χ1v) is 5.57. The van der Waals surface area contributed by atoms with E-state index in [2.05, 4.69) is 0 Å². The fourth-order valence-electron chi connectivity index (χ4n) is 2.30. The van der Waals surface area contributed by atoms with Gasteiger partial charge in [0.25, 0.3) is 0 Å². The minimum absolute atomic E-state index is 0.0566. The van der Waals surface area contributed by atoms with Crippen LogP contribution in [0.2, 0.25) is 0 Å². The lowest BCUT2D eigenvalue weighted by atomic mass is 9.87. The predicted molar refractivity (Wildman–Crippen MR) is 64.5 cm³/mol. The van der Waals surface area contributed by atoms with E-state index in [0.29, 0.717) is 5.56 Å². The molecule has 5 nitrogen and oxygen atoms in total. The van der Waals surface area contributed by atoms with Gasteiger partial charge in [0.2, 0.25) is 17.3 Å². The van der Waals surface area contributed by atoms with Crippen molar-refractivity contribution in [2.24, 2.45) is 0 Å². The summed E-state index contributed by atoms with van der Waals surface area (Å²) >= 11 is 0. The Morgan fingerprint density at radius 1 is 1.11 bits per heavy atom. The molecule has 0 saturated carbocycles. The van der Waals surface area contributed by atoms with Crippen molar-refractivity contribution in [2.75, 3.05) is 0 Å². The Labute approximate surface area is 107 Å². The first-order chi connectivity index (χ1) is 9.02. The van der Waals surface area contributed by atoms with Gasteiger partial charge in [0, 0.05) is 16.7 Å². The summed E-state index contributed by atoms with van der Waals surface area (Å²) in [6.45, 7) is 1.46. The number of hydrogen-bond acceptors (Lipinski definition) is 4. The molecule has 0 radical (unpaired) electrons. The summed E-state index contributed by atoms with van der Waals surface area (Å²) in [5, 5.41) is 9.03. The van der Waals surface area contributed by atoms with Crippen LogP contribution >= 0.6 is 0 Å². The van der Waals surface area contributed by atoms with Gasteiger partial charge in [-0.3, -0.25) is 9.59 Å². The summed E-state index contributed by atoms with van der Waals surface area (Å²) in [4.78, 5) is 35.1. The first kappa shape index (κ1) is 11.4. The van der Waals surface area contributed by atoms with Crippen molar-refractivity contribution in [1.29, 1.82) is 0 Å². The maximum Gasteiger partial charge on any atom is 0.372 e. The molecule has 3 rings (SSSR count). The molecule has 94 valence electrons. The summed E-state index contributed by atoms with van der Waals surface area (Å²) < 4.78 is 5.27. The van der Waals surface area contributed by atoms with Crippen molar-refractivity contribution >= 4 is 17.5 Å². The number of fused-ring (bicyclic) bond motifs is 3. The van der Waals surface area contributed by atoms with E-state index in [0.717, 1.165) is 0 Å². The van der Waals surface area contributed by atoms with E-state index in [4.69, 9.17) is 9.52 Å². The van der Waals surface area contributed by atoms with Crippen LogP contribution in [0.5, 0.6) is 0 Å². The number of carboxylic acids is 1. The summed E-state index contributed by atoms with van der Waals surface area (Å²) in [7, 11) is 0. The van der Waals surface area contributed by atoms with Crippen molar-refractivity contribution in [2.45, 2.75) is 6.92 Å². The molecule has 0 amide bonds. The first-order valence-electron chi connectivity index (χ1n) is 5.57. The second kappa shape index (κ2) is 3.65. The Kier molecular flexibility index (Phi) is 2.19. The third-order valence-electron chi connectivity index (χ3n) is 3.19. The van der Waals surface area contributed by atoms with Gasteiger partial charge in [0.05, 0.1) is 5.56 Å². The van der Waals surface area contributed by atoms with Gasteiger partial charge >= 0.3 is 5.97 Å². The Morgan fingerprint density at radius 2 is 1.74 bits per heavy atom. The van der Waals surface area contributed by atoms with Crippen molar-refractivity contribution in [3.05, 3.63) is 46.7 Å². The van der Waals surface area contributed by atoms with Crippen molar-refractivity contribution < 1.29 is 23.9 Å². The highest BCUT2D eigenvalue weighted by Gasteiger charge is 2.37. The van der Waals surface area contributed by atoms with E-state index in [9.17, 15) is 14.4 Å². The highest BCUT2D eigenvalue weighted by atomic mass is 16.4. The normalized spacial score (nSPS) is 13.1. The molecule has 1 aliphatic carbocycles. The largest absolute Gasteiger partial charge is 0.475 e. The molecule has 19 heavy (non-hydrogen) atoms. The number of aromatic carboxylic acids is 1. The standard InChI is InChI=1S/C14H8O5/c1-6-9-11(16)10(15)7-4-2-3-5-8(7)13(9)19-12(6)14(17)18/h2-5H,1H3,(H,17,18). The lowest BCUT2D eigenvalue weighted by Gasteiger charge is -2.12. The molecule has 0 bridgehead atoms. The summed E-state index contributed by atoms with van der Waals surface area (Å²) in [6.07, 6.45) is 0. The monoisotopic (exact) mass is 256 g/mol. The number of Topliss-reactive ketones (excluding diaryl/α,β-unsaturated/α-hetero) is 2. The zero-order valence-corrected chi connectivity index (χ0v) is 9.89. The molecule has 1 aliphatic rings. The average Bonchev–Trinajstić information content (AvgIpc) is 2.74. The number of furan rings is 1. The van der Waals surface area contributed by atoms with E-state index in [-0.39, 0.29) is 28.2 Å². The minimum atomic E-state index is -1.26. The lowest BCUT2D eigenvalue weighted by Crippen LogP contribution is -2.20. The molecule has 1 aromatic heterocycles. The van der Waals surface area contributed by atoms with E-state index in [1.807, 2.05) is 0 Å². The van der Waals surface area contributed by atoms with E-state index in [1.165, 1.54) is 13.0 Å². The quantitative estimate of drug-likeness (QED) is 0.791. The summed E-state index contributed by atoms with van der Waals surface area (Å²) in [6, 6.07) is 6.50. The third kappa shape index (κ3) is 1.38. The molecular formula is C14H8O5. The molecule has 0 spiro atoms. The highest BCUT2D eigenvalue weighted by molar-refractivity contribution is 6.53. The number of benzene rings is 1. The smallest absolute Gasteiger partial charge is 0.372 e. The number of carbonyl (C=O) groups excluding carboxylic acids is 2. The molecule has 2 aromatic rings. The van der Waals surface area contributed by atoms with Crippen LogP contribution in [0.3, 0.4) is 0 Å². The Morgan fingerprint density at radius 3 is 2.37 bits per heavy atom. The van der Waals surface area contributed by atoms with Crippen molar-refractivity contribution in [3.63, 3.8) is 0 Å². The van der Waals surface area contributed by atoms with Crippen molar-refractivity contribution in [3.8, 4) is 11.3 Å². The molecule has 1 heterocycles. The molecule has 5 heteroatoms. The number of ketones is 2. The van der Waals surface area contributed by atoms with Gasteiger partial charge in [-0.2, -0.15) is 0 Å². The van der Waals surface area contributed by atoms with Gasteiger partial charge in [-0.25, -0.2) is 4.79 Å². The lowest BCUT2D eigenvalue weighted by molar-refractivity contribution is 0.0662. The fourth-order valence-corrected chi connectivity index (χ4v) is 2.30. The average molecular weight is 256 g/mol. The van der Waals surface area contributed by atoms with Crippen LogP contribution in [0.1, 0.15) is 36.8 Å². The number of carboxylic acid groups (broad SMARTS) is 1. The second-order valence-corrected chi connectivity index (χ2v) is 4.27. The van der Waals surface area contributed by atoms with E-state index >= 15 is 0 Å². The Bertz CT molecular complexity index is 751. The summed E-state index contributed by atoms with van der Waals surface area (Å²) in [5.41, 5.74) is 0.944. The Hall–Kier alpha value is -2.69.